The van der Waals surface area contributed by atoms with Gasteiger partial charge in [0.2, 0.25) is 5.91 Å². The Morgan fingerprint density at radius 1 is 0.921 bits per heavy atom. The van der Waals surface area contributed by atoms with Gasteiger partial charge in [-0.2, -0.15) is 0 Å². The molecule has 6 nitrogen and oxygen atoms in total. The van der Waals surface area contributed by atoms with Gasteiger partial charge in [0, 0.05) is 6.54 Å². The zero-order valence-corrected chi connectivity index (χ0v) is 22.9. The maximum absolute atomic E-state index is 13.6. The number of fused-ring (bicyclic) bond motifs is 1. The van der Waals surface area contributed by atoms with Crippen LogP contribution in [-0.2, 0) is 21.2 Å². The van der Waals surface area contributed by atoms with Gasteiger partial charge in [0.05, 0.1) is 17.2 Å². The van der Waals surface area contributed by atoms with Crippen molar-refractivity contribution in [2.24, 2.45) is 5.92 Å². The number of benzene rings is 4. The Hall–Kier alpha value is -3.84. The first kappa shape index (κ1) is 27.2. The minimum Gasteiger partial charge on any atom is -0.494 e. The smallest absolute Gasteiger partial charge is 0.264 e. The van der Waals surface area contributed by atoms with Crippen molar-refractivity contribution in [3.8, 4) is 5.75 Å². The summed E-state index contributed by atoms with van der Waals surface area (Å²) in [5.74, 6) is 0.399. The van der Waals surface area contributed by atoms with Gasteiger partial charge in [0.1, 0.15) is 12.3 Å². The first-order valence-corrected chi connectivity index (χ1v) is 14.3. The predicted molar refractivity (Wildman–Crippen MR) is 153 cm³/mol. The van der Waals surface area contributed by atoms with Gasteiger partial charge >= 0.3 is 0 Å². The van der Waals surface area contributed by atoms with Gasteiger partial charge in [-0.05, 0) is 78.9 Å². The molecule has 0 aliphatic carbocycles. The fourth-order valence-electron chi connectivity index (χ4n) is 4.42. The highest BCUT2D eigenvalue weighted by Gasteiger charge is 2.27. The molecule has 0 saturated heterocycles. The minimum absolute atomic E-state index is 0.0960. The van der Waals surface area contributed by atoms with Crippen molar-refractivity contribution in [3.63, 3.8) is 0 Å². The molecule has 0 saturated carbocycles. The molecule has 1 atom stereocenters. The number of nitrogens with zero attached hydrogens (tertiary/aromatic N) is 1. The Labute approximate surface area is 225 Å². The molecule has 0 spiro atoms. The lowest BCUT2D eigenvalue weighted by Gasteiger charge is -2.25. The van der Waals surface area contributed by atoms with Crippen LogP contribution in [0.1, 0.15) is 25.0 Å². The van der Waals surface area contributed by atoms with E-state index in [0.29, 0.717) is 24.6 Å². The van der Waals surface area contributed by atoms with E-state index in [1.807, 2.05) is 44.2 Å². The number of aryl methyl sites for hydroxylation is 1. The highest BCUT2D eigenvalue weighted by molar-refractivity contribution is 7.92. The van der Waals surface area contributed by atoms with Crippen LogP contribution in [0.5, 0.6) is 5.75 Å². The molecule has 0 aromatic heterocycles. The molecule has 0 radical (unpaired) electrons. The van der Waals surface area contributed by atoms with Crippen LogP contribution in [0.15, 0.2) is 95.9 Å². The SMILES string of the molecule is CCOc1ccc(S(=O)(=O)N(CC(=O)NCC(C)Cc2cccc3ccccc23)c2ccc(C)cc2)cc1. The summed E-state index contributed by atoms with van der Waals surface area (Å²) in [7, 11) is -3.99. The molecule has 1 unspecified atom stereocenters. The van der Waals surface area contributed by atoms with Crippen molar-refractivity contribution in [2.45, 2.75) is 32.1 Å². The molecule has 4 rings (SSSR count). The Bertz CT molecular complexity index is 1480. The topological polar surface area (TPSA) is 75.7 Å². The third-order valence-corrected chi connectivity index (χ3v) is 8.22. The first-order valence-electron chi connectivity index (χ1n) is 12.8. The molecule has 0 aliphatic rings. The van der Waals surface area contributed by atoms with E-state index in [1.54, 1.807) is 24.3 Å². The zero-order valence-electron chi connectivity index (χ0n) is 22.1. The number of nitrogens with one attached hydrogen (secondary N) is 1. The maximum atomic E-state index is 13.6. The molecule has 198 valence electrons. The van der Waals surface area contributed by atoms with Crippen molar-refractivity contribution in [1.29, 1.82) is 0 Å². The Morgan fingerprint density at radius 3 is 2.32 bits per heavy atom. The van der Waals surface area contributed by atoms with E-state index in [1.165, 1.54) is 28.5 Å². The van der Waals surface area contributed by atoms with Crippen LogP contribution in [0.25, 0.3) is 10.8 Å². The summed E-state index contributed by atoms with van der Waals surface area (Å²) in [6, 6.07) is 27.9. The van der Waals surface area contributed by atoms with E-state index in [-0.39, 0.29) is 23.3 Å². The largest absolute Gasteiger partial charge is 0.494 e. The molecule has 1 amide bonds. The maximum Gasteiger partial charge on any atom is 0.264 e. The minimum atomic E-state index is -3.99. The lowest BCUT2D eigenvalue weighted by atomic mass is 9.96. The van der Waals surface area contributed by atoms with Crippen molar-refractivity contribution in [1.82, 2.24) is 5.32 Å². The van der Waals surface area contributed by atoms with Crippen molar-refractivity contribution >= 4 is 32.4 Å². The number of hydrogen-bond acceptors (Lipinski definition) is 4. The van der Waals surface area contributed by atoms with E-state index in [9.17, 15) is 13.2 Å². The highest BCUT2D eigenvalue weighted by Crippen LogP contribution is 2.26. The molecule has 7 heteroatoms. The van der Waals surface area contributed by atoms with Gasteiger partial charge in [0.25, 0.3) is 10.0 Å². The lowest BCUT2D eigenvalue weighted by Crippen LogP contribution is -2.42. The monoisotopic (exact) mass is 530 g/mol. The third kappa shape index (κ3) is 6.53. The summed E-state index contributed by atoms with van der Waals surface area (Å²) >= 11 is 0. The summed E-state index contributed by atoms with van der Waals surface area (Å²) in [6.07, 6.45) is 0.799. The van der Waals surface area contributed by atoms with Gasteiger partial charge in [-0.25, -0.2) is 8.42 Å². The van der Waals surface area contributed by atoms with Gasteiger partial charge < -0.3 is 10.1 Å². The Kier molecular flexibility index (Phi) is 8.69. The quantitative estimate of drug-likeness (QED) is 0.268. The number of ether oxygens (including phenoxy) is 1. The summed E-state index contributed by atoms with van der Waals surface area (Å²) in [6.45, 7) is 6.48. The average Bonchev–Trinajstić information content (AvgIpc) is 2.92. The number of carbonyl (C=O) groups excluding carboxylic acids is 1. The van der Waals surface area contributed by atoms with E-state index in [0.717, 1.165) is 16.3 Å². The molecule has 1 N–H and O–H groups in total. The molecule has 0 heterocycles. The number of carbonyl (C=O) groups is 1. The van der Waals surface area contributed by atoms with Crippen LogP contribution in [-0.4, -0.2) is 34.0 Å². The van der Waals surface area contributed by atoms with Crippen molar-refractivity contribution in [2.75, 3.05) is 24.0 Å². The number of sulfonamides is 1. The number of anilines is 1. The van der Waals surface area contributed by atoms with E-state index in [4.69, 9.17) is 4.74 Å². The summed E-state index contributed by atoms with van der Waals surface area (Å²) < 4.78 is 33.9. The summed E-state index contributed by atoms with van der Waals surface area (Å²) in [5, 5.41) is 5.34. The molecule has 4 aromatic carbocycles. The van der Waals surface area contributed by atoms with E-state index in [2.05, 4.69) is 36.5 Å². The molecular formula is C31H34N2O4S. The summed E-state index contributed by atoms with van der Waals surface area (Å²) in [4.78, 5) is 13.1. The molecule has 0 bridgehead atoms. The van der Waals surface area contributed by atoms with Gasteiger partial charge in [-0.15, -0.1) is 0 Å². The Balaban J connectivity index is 1.48. The van der Waals surface area contributed by atoms with Crippen LogP contribution < -0.4 is 14.4 Å². The Morgan fingerprint density at radius 2 is 1.61 bits per heavy atom. The summed E-state index contributed by atoms with van der Waals surface area (Å²) in [5.41, 5.74) is 2.66. The number of amides is 1. The van der Waals surface area contributed by atoms with Crippen LogP contribution in [0.3, 0.4) is 0 Å². The number of rotatable bonds is 11. The van der Waals surface area contributed by atoms with Crippen molar-refractivity contribution in [3.05, 3.63) is 102 Å². The van der Waals surface area contributed by atoms with E-state index >= 15 is 0 Å². The second-order valence-electron chi connectivity index (χ2n) is 9.50. The highest BCUT2D eigenvalue weighted by atomic mass is 32.2. The van der Waals surface area contributed by atoms with E-state index < -0.39 is 10.0 Å². The second-order valence-corrected chi connectivity index (χ2v) is 11.4. The molecule has 0 fully saturated rings. The predicted octanol–water partition coefficient (Wildman–Crippen LogP) is 5.74. The molecule has 0 aliphatic heterocycles. The van der Waals surface area contributed by atoms with Gasteiger partial charge in [-0.3, -0.25) is 9.10 Å². The first-order chi connectivity index (χ1) is 18.3. The normalized spacial score (nSPS) is 12.2. The van der Waals surface area contributed by atoms with Crippen LogP contribution in [0.2, 0.25) is 0 Å². The average molecular weight is 531 g/mol. The second kappa shape index (κ2) is 12.1. The fourth-order valence-corrected chi connectivity index (χ4v) is 5.84. The van der Waals surface area contributed by atoms with Gasteiger partial charge in [-0.1, -0.05) is 67.1 Å². The zero-order chi connectivity index (χ0) is 27.1. The van der Waals surface area contributed by atoms with Crippen molar-refractivity contribution < 1.29 is 17.9 Å². The number of hydrogen-bond donors (Lipinski definition) is 1. The van der Waals surface area contributed by atoms with Crippen LogP contribution in [0, 0.1) is 12.8 Å². The molecular weight excluding hydrogens is 496 g/mol. The standard InChI is InChI=1S/C31H34N2O4S/c1-4-37-28-16-18-29(19-17-28)38(35,36)33(27-14-12-23(2)13-15-27)22-31(34)32-21-24(3)20-26-10-7-9-25-8-5-6-11-30(25)26/h5-19,24H,4,20-22H2,1-3H3,(H,32,34). The lowest BCUT2D eigenvalue weighted by molar-refractivity contribution is -0.119. The van der Waals surface area contributed by atoms with Gasteiger partial charge in [0.15, 0.2) is 0 Å². The molecule has 38 heavy (non-hydrogen) atoms. The van der Waals surface area contributed by atoms with Crippen LogP contribution >= 0.6 is 0 Å². The molecule has 4 aromatic rings. The third-order valence-electron chi connectivity index (χ3n) is 6.43. The van der Waals surface area contributed by atoms with Crippen LogP contribution in [0.4, 0.5) is 5.69 Å². The fraction of sp³-hybridized carbons (Fsp3) is 0.258.